The Kier molecular flexibility index (Phi) is 4.39. The number of rotatable bonds is 4. The number of likely N-dealkylation sites (tertiary alicyclic amines) is 1. The number of aryl methyl sites for hydroxylation is 1. The number of aromatic nitrogens is 3. The van der Waals surface area contributed by atoms with Crippen LogP contribution in [0.5, 0.6) is 0 Å². The van der Waals surface area contributed by atoms with Crippen molar-refractivity contribution in [2.45, 2.75) is 64.6 Å². The van der Waals surface area contributed by atoms with Gasteiger partial charge in [-0.2, -0.15) is 0 Å². The van der Waals surface area contributed by atoms with E-state index in [1.165, 1.54) is 18.4 Å². The predicted molar refractivity (Wildman–Crippen MR) is 91.3 cm³/mol. The molecule has 1 aromatic heterocycles. The highest BCUT2D eigenvalue weighted by Gasteiger charge is 2.36. The van der Waals surface area contributed by atoms with Crippen LogP contribution in [0.3, 0.4) is 0 Å². The van der Waals surface area contributed by atoms with E-state index < -0.39 is 0 Å². The molecule has 4 rings (SSSR count). The molecule has 1 aromatic rings. The molecule has 6 nitrogen and oxygen atoms in total. The Labute approximate surface area is 143 Å². The normalized spacial score (nSPS) is 22.0. The first kappa shape index (κ1) is 15.8. The van der Waals surface area contributed by atoms with Crippen molar-refractivity contribution in [1.29, 1.82) is 0 Å². The van der Waals surface area contributed by atoms with Crippen LogP contribution in [0, 0.1) is 0 Å². The van der Waals surface area contributed by atoms with E-state index in [-0.39, 0.29) is 0 Å². The van der Waals surface area contributed by atoms with Gasteiger partial charge in [-0.05, 0) is 25.7 Å². The molecule has 130 valence electrons. The second-order valence-electron chi connectivity index (χ2n) is 7.25. The number of allylic oxidation sites excluding steroid dienone is 1. The van der Waals surface area contributed by atoms with Crippen LogP contribution in [-0.2, 0) is 24.3 Å². The number of carbonyl (C=O) groups excluding carboxylic acids is 1. The largest absolute Gasteiger partial charge is 0.339 e. The Morgan fingerprint density at radius 3 is 2.88 bits per heavy atom. The van der Waals surface area contributed by atoms with Crippen LogP contribution < -0.4 is 0 Å². The Balaban J connectivity index is 1.28. The van der Waals surface area contributed by atoms with E-state index in [9.17, 15) is 4.79 Å². The van der Waals surface area contributed by atoms with Crippen LogP contribution in [-0.4, -0.2) is 56.1 Å². The summed E-state index contributed by atoms with van der Waals surface area (Å²) in [5.74, 6) is 2.49. The maximum absolute atomic E-state index is 12.4. The Bertz CT molecular complexity index is 644. The van der Waals surface area contributed by atoms with Crippen LogP contribution >= 0.6 is 0 Å². The summed E-state index contributed by atoms with van der Waals surface area (Å²) in [7, 11) is 0. The van der Waals surface area contributed by atoms with Crippen molar-refractivity contribution in [3.63, 3.8) is 0 Å². The Morgan fingerprint density at radius 2 is 2.12 bits per heavy atom. The molecule has 1 fully saturated rings. The number of amides is 1. The zero-order valence-electron chi connectivity index (χ0n) is 14.6. The molecule has 0 spiro atoms. The van der Waals surface area contributed by atoms with Crippen LogP contribution in [0.2, 0.25) is 0 Å². The molecule has 24 heavy (non-hydrogen) atoms. The van der Waals surface area contributed by atoms with E-state index in [4.69, 9.17) is 0 Å². The fraction of sp³-hybridized carbons (Fsp3) is 0.722. The molecule has 6 heteroatoms. The highest BCUT2D eigenvalue weighted by Crippen LogP contribution is 2.25. The van der Waals surface area contributed by atoms with Gasteiger partial charge in [0.2, 0.25) is 5.91 Å². The number of carbonyl (C=O) groups is 1. The molecule has 0 saturated carbocycles. The minimum absolute atomic E-state index is 0.313. The molecule has 0 atom stereocenters. The van der Waals surface area contributed by atoms with E-state index in [1.807, 2.05) is 4.90 Å². The molecule has 0 unspecified atom stereocenters. The number of fused-ring (bicyclic) bond motifs is 1. The van der Waals surface area contributed by atoms with Crippen LogP contribution in [0.4, 0.5) is 0 Å². The predicted octanol–water partition coefficient (Wildman–Crippen LogP) is 1.76. The SMILES string of the molecule is CCc1nnc2n1CCN(C1CN(C(=O)CC3=CCCCC3)C1)C2. The van der Waals surface area contributed by atoms with Gasteiger partial charge in [-0.15, -0.1) is 10.2 Å². The first-order chi connectivity index (χ1) is 11.7. The zero-order valence-corrected chi connectivity index (χ0v) is 14.6. The van der Waals surface area contributed by atoms with Crippen molar-refractivity contribution in [3.8, 4) is 0 Å². The van der Waals surface area contributed by atoms with Crippen LogP contribution in [0.1, 0.15) is 50.7 Å². The molecular weight excluding hydrogens is 302 g/mol. The topological polar surface area (TPSA) is 54.3 Å². The molecular formula is C18H27N5O. The fourth-order valence-electron chi connectivity index (χ4n) is 4.07. The van der Waals surface area contributed by atoms with Gasteiger partial charge in [0.15, 0.2) is 0 Å². The average molecular weight is 329 g/mol. The number of nitrogens with zero attached hydrogens (tertiary/aromatic N) is 5. The molecule has 0 bridgehead atoms. The third kappa shape index (κ3) is 2.99. The van der Waals surface area contributed by atoms with Crippen LogP contribution in [0.25, 0.3) is 0 Å². The quantitative estimate of drug-likeness (QED) is 0.790. The summed E-state index contributed by atoms with van der Waals surface area (Å²) in [6.07, 6.45) is 8.65. The molecule has 3 heterocycles. The number of hydrogen-bond donors (Lipinski definition) is 0. The van der Waals surface area contributed by atoms with Crippen molar-refractivity contribution < 1.29 is 4.79 Å². The lowest BCUT2D eigenvalue weighted by Gasteiger charge is -2.46. The summed E-state index contributed by atoms with van der Waals surface area (Å²) in [6, 6.07) is 0.491. The third-order valence-corrected chi connectivity index (χ3v) is 5.67. The van der Waals surface area contributed by atoms with Crippen molar-refractivity contribution in [1.82, 2.24) is 24.6 Å². The molecule has 0 radical (unpaired) electrons. The van der Waals surface area contributed by atoms with Gasteiger partial charge < -0.3 is 9.47 Å². The van der Waals surface area contributed by atoms with Gasteiger partial charge >= 0.3 is 0 Å². The van der Waals surface area contributed by atoms with Gasteiger partial charge in [0.05, 0.1) is 6.54 Å². The monoisotopic (exact) mass is 329 g/mol. The van der Waals surface area contributed by atoms with E-state index in [0.29, 0.717) is 18.4 Å². The summed E-state index contributed by atoms with van der Waals surface area (Å²) >= 11 is 0. The lowest BCUT2D eigenvalue weighted by Crippen LogP contribution is -2.62. The minimum Gasteiger partial charge on any atom is -0.339 e. The summed E-state index contributed by atoms with van der Waals surface area (Å²) < 4.78 is 2.26. The zero-order chi connectivity index (χ0) is 16.5. The smallest absolute Gasteiger partial charge is 0.226 e. The Hall–Kier alpha value is -1.69. The molecule has 1 amide bonds. The summed E-state index contributed by atoms with van der Waals surface area (Å²) in [4.78, 5) is 16.9. The molecule has 3 aliphatic rings. The second kappa shape index (κ2) is 6.67. The van der Waals surface area contributed by atoms with Crippen LogP contribution in [0.15, 0.2) is 11.6 Å². The summed E-state index contributed by atoms with van der Waals surface area (Å²) in [5.41, 5.74) is 1.35. The summed E-state index contributed by atoms with van der Waals surface area (Å²) in [5, 5.41) is 8.61. The highest BCUT2D eigenvalue weighted by molar-refractivity contribution is 5.79. The first-order valence-electron chi connectivity index (χ1n) is 9.35. The second-order valence-corrected chi connectivity index (χ2v) is 7.25. The van der Waals surface area contributed by atoms with Crippen molar-refractivity contribution >= 4 is 5.91 Å². The van der Waals surface area contributed by atoms with E-state index in [0.717, 1.165) is 63.6 Å². The molecule has 2 aliphatic heterocycles. The van der Waals surface area contributed by atoms with E-state index in [2.05, 4.69) is 32.7 Å². The molecule has 1 aliphatic carbocycles. The van der Waals surface area contributed by atoms with Gasteiger partial charge in [0.1, 0.15) is 11.6 Å². The standard InChI is InChI=1S/C18H27N5O/c1-2-16-19-20-17-13-21(8-9-23(16)17)15-11-22(12-15)18(24)10-14-6-4-3-5-7-14/h6,15H,2-5,7-13H2,1H3. The number of hydrogen-bond acceptors (Lipinski definition) is 4. The maximum atomic E-state index is 12.4. The van der Waals surface area contributed by atoms with Crippen molar-refractivity contribution in [3.05, 3.63) is 23.3 Å². The highest BCUT2D eigenvalue weighted by atomic mass is 16.2. The van der Waals surface area contributed by atoms with Gasteiger partial charge in [0, 0.05) is 45.1 Å². The molecule has 1 saturated heterocycles. The molecule has 0 N–H and O–H groups in total. The fourth-order valence-corrected chi connectivity index (χ4v) is 4.07. The average Bonchev–Trinajstić information content (AvgIpc) is 2.97. The molecule has 0 aromatic carbocycles. The summed E-state index contributed by atoms with van der Waals surface area (Å²) in [6.45, 7) is 6.76. The van der Waals surface area contributed by atoms with Gasteiger partial charge in [-0.3, -0.25) is 9.69 Å². The van der Waals surface area contributed by atoms with E-state index in [1.54, 1.807) is 0 Å². The Morgan fingerprint density at radius 1 is 1.25 bits per heavy atom. The van der Waals surface area contributed by atoms with Crippen molar-refractivity contribution in [2.75, 3.05) is 19.6 Å². The lowest BCUT2D eigenvalue weighted by molar-refractivity contribution is -0.138. The maximum Gasteiger partial charge on any atom is 0.226 e. The van der Waals surface area contributed by atoms with E-state index >= 15 is 0 Å². The third-order valence-electron chi connectivity index (χ3n) is 5.67. The van der Waals surface area contributed by atoms with Gasteiger partial charge in [-0.1, -0.05) is 18.6 Å². The lowest BCUT2D eigenvalue weighted by atomic mass is 9.96. The van der Waals surface area contributed by atoms with Gasteiger partial charge in [0.25, 0.3) is 0 Å². The first-order valence-corrected chi connectivity index (χ1v) is 9.35. The van der Waals surface area contributed by atoms with Crippen molar-refractivity contribution in [2.24, 2.45) is 0 Å². The van der Waals surface area contributed by atoms with Gasteiger partial charge in [-0.25, -0.2) is 0 Å². The minimum atomic E-state index is 0.313.